The Kier molecular flexibility index (Phi) is 4.21. The smallest absolute Gasteiger partial charge is 0.00888 e. The van der Waals surface area contributed by atoms with Gasteiger partial charge in [0.05, 0.1) is 0 Å². The topological polar surface area (TPSA) is 0 Å². The maximum Gasteiger partial charge on any atom is -0.00888 e. The van der Waals surface area contributed by atoms with Crippen LogP contribution in [0.15, 0.2) is 0 Å². The normalized spacial score (nSPS) is 56.1. The van der Waals surface area contributed by atoms with E-state index in [-0.39, 0.29) is 15.8 Å². The van der Waals surface area contributed by atoms with Crippen molar-refractivity contribution in [3.63, 3.8) is 0 Å². The van der Waals surface area contributed by atoms with Crippen LogP contribution in [0, 0.1) is 35.5 Å². The van der Waals surface area contributed by atoms with Gasteiger partial charge in [-0.2, -0.15) is 0 Å². The molecule has 8 fully saturated rings. The first-order chi connectivity index (χ1) is 12.5. The summed E-state index contributed by atoms with van der Waals surface area (Å²) in [7, 11) is 0.575. The van der Waals surface area contributed by atoms with E-state index in [0.717, 1.165) is 45.8 Å². The van der Waals surface area contributed by atoms with Crippen molar-refractivity contribution in [2.24, 2.45) is 35.5 Å². The first kappa shape index (κ1) is 17.7. The summed E-state index contributed by atoms with van der Waals surface area (Å²) in [6.45, 7) is 5.51. The fourth-order valence-corrected chi connectivity index (χ4v) is 16.6. The molecule has 8 aliphatic rings. The molecular weight excluding hydrogens is 350 g/mol. The molecule has 0 saturated heterocycles. The van der Waals surface area contributed by atoms with Crippen molar-refractivity contribution in [2.45, 2.75) is 87.4 Å². The lowest BCUT2D eigenvalue weighted by atomic mass is 9.56. The molecule has 0 aliphatic heterocycles. The molecule has 0 radical (unpaired) electrons. The van der Waals surface area contributed by atoms with Crippen LogP contribution in [0.4, 0.5) is 0 Å². The van der Waals surface area contributed by atoms with Gasteiger partial charge in [0.2, 0.25) is 0 Å². The summed E-state index contributed by atoms with van der Waals surface area (Å²) in [5.41, 5.74) is 0. The molecule has 8 rings (SSSR count). The minimum absolute atomic E-state index is 0.288. The molecule has 0 nitrogen and oxygen atoms in total. The fourth-order valence-electron chi connectivity index (χ4n) is 9.84. The van der Waals surface area contributed by atoms with E-state index in [1.165, 1.54) is 0 Å². The molecule has 8 aliphatic carbocycles. The molecule has 2 heteroatoms. The first-order valence-corrected chi connectivity index (χ1v) is 15.9. The minimum atomic E-state index is 0.288. The van der Waals surface area contributed by atoms with Gasteiger partial charge in [-0.3, -0.25) is 0 Å². The van der Waals surface area contributed by atoms with Gasteiger partial charge in [-0.25, -0.2) is 0 Å². The van der Waals surface area contributed by atoms with Gasteiger partial charge in [-0.1, -0.05) is 0 Å². The number of hydrogen-bond acceptors (Lipinski definition) is 0. The average molecular weight is 391 g/mol. The van der Waals surface area contributed by atoms with Gasteiger partial charge in [0.1, 0.15) is 0 Å². The Morgan fingerprint density at radius 1 is 0.500 bits per heavy atom. The molecule has 0 aromatic carbocycles. The summed E-state index contributed by atoms with van der Waals surface area (Å²) in [6, 6.07) is 0. The van der Waals surface area contributed by atoms with Crippen molar-refractivity contribution in [3.8, 4) is 0 Å². The van der Waals surface area contributed by atoms with Crippen molar-refractivity contribution < 1.29 is 0 Å². The van der Waals surface area contributed by atoms with E-state index in [4.69, 9.17) is 0 Å². The molecule has 8 bridgehead atoms. The molecule has 0 amide bonds. The lowest BCUT2D eigenvalue weighted by molar-refractivity contribution is 0.0352. The summed E-state index contributed by atoms with van der Waals surface area (Å²) >= 11 is 0. The Hall–Kier alpha value is 0.860. The zero-order valence-electron chi connectivity index (χ0n) is 17.3. The third kappa shape index (κ3) is 2.74. The van der Waals surface area contributed by atoms with Crippen LogP contribution in [-0.2, 0) is 0 Å². The van der Waals surface area contributed by atoms with Gasteiger partial charge < -0.3 is 0 Å². The van der Waals surface area contributed by atoms with Crippen LogP contribution in [-0.4, -0.2) is 36.0 Å². The second-order valence-electron chi connectivity index (χ2n) is 12.1. The number of hydrogen-bond donors (Lipinski definition) is 0. The van der Waals surface area contributed by atoms with Crippen molar-refractivity contribution in [3.05, 3.63) is 0 Å². The highest BCUT2D eigenvalue weighted by Gasteiger charge is 2.54. The lowest BCUT2D eigenvalue weighted by Gasteiger charge is -2.60. The Morgan fingerprint density at radius 3 is 0.962 bits per heavy atom. The van der Waals surface area contributed by atoms with Crippen molar-refractivity contribution in [2.75, 3.05) is 25.7 Å². The van der Waals surface area contributed by atoms with Crippen LogP contribution in [0.3, 0.4) is 0 Å². The summed E-state index contributed by atoms with van der Waals surface area (Å²) in [5, 5.41) is 1.73. The van der Waals surface area contributed by atoms with Crippen molar-refractivity contribution in [1.29, 1.82) is 0 Å². The molecule has 0 heterocycles. The molecule has 146 valence electrons. The summed E-state index contributed by atoms with van der Waals surface area (Å²) in [4.78, 5) is 0. The summed E-state index contributed by atoms with van der Waals surface area (Å²) in [6.07, 6.45) is 22.9. The summed E-state index contributed by atoms with van der Waals surface area (Å²) < 4.78 is 0. The van der Waals surface area contributed by atoms with E-state index < -0.39 is 0 Å². The quantitative estimate of drug-likeness (QED) is 0.437. The summed E-state index contributed by atoms with van der Waals surface area (Å²) in [5.74, 6) is 6.90. The Bertz CT molecular complexity index is 446. The zero-order chi connectivity index (χ0) is 17.5. The maximum atomic E-state index is 2.76. The first-order valence-electron chi connectivity index (χ1n) is 11.9. The predicted octanol–water partition coefficient (Wildman–Crippen LogP) is 7.15. The van der Waals surface area contributed by atoms with E-state index in [2.05, 4.69) is 13.3 Å². The third-order valence-corrected chi connectivity index (χ3v) is 16.9. The molecule has 0 spiro atoms. The average Bonchev–Trinajstić information content (AvgIpc) is 2.57. The predicted molar refractivity (Wildman–Crippen MR) is 117 cm³/mol. The van der Waals surface area contributed by atoms with Crippen LogP contribution in [0.25, 0.3) is 0 Å². The van der Waals surface area contributed by atoms with E-state index in [1.807, 2.05) is 0 Å². The molecule has 0 aromatic heterocycles. The highest BCUT2D eigenvalue weighted by molar-refractivity contribution is 7.62. The standard InChI is InChI=1S/C24H40P2/c1-25(23-11-17-5-18(12-23)7-19(6-17)13-23)3-4-26(2)24-14-20-8-21(15-24)10-22(9-20)16-24/h17-22H,3-16H2,1-2H3. The Labute approximate surface area is 164 Å². The molecular formula is C24H40P2. The molecule has 2 atom stereocenters. The molecule has 0 N–H and O–H groups in total. The zero-order valence-corrected chi connectivity index (χ0v) is 19.0. The van der Waals surface area contributed by atoms with E-state index in [9.17, 15) is 0 Å². The van der Waals surface area contributed by atoms with Crippen LogP contribution < -0.4 is 0 Å². The van der Waals surface area contributed by atoms with Gasteiger partial charge in [-0.15, -0.1) is 15.8 Å². The highest BCUT2D eigenvalue weighted by atomic mass is 31.1. The van der Waals surface area contributed by atoms with E-state index in [1.54, 1.807) is 89.4 Å². The van der Waals surface area contributed by atoms with Crippen LogP contribution in [0.1, 0.15) is 77.0 Å². The number of rotatable bonds is 5. The third-order valence-electron chi connectivity index (χ3n) is 10.4. The molecule has 0 aromatic rings. The monoisotopic (exact) mass is 390 g/mol. The minimum Gasteiger partial charge on any atom is -0.103 e. The van der Waals surface area contributed by atoms with E-state index in [0.29, 0.717) is 0 Å². The fraction of sp³-hybridized carbons (Fsp3) is 1.00. The van der Waals surface area contributed by atoms with Crippen LogP contribution in [0.2, 0.25) is 0 Å². The molecule has 2 unspecified atom stereocenters. The van der Waals surface area contributed by atoms with Crippen LogP contribution in [0.5, 0.6) is 0 Å². The van der Waals surface area contributed by atoms with Gasteiger partial charge in [0.25, 0.3) is 0 Å². The second kappa shape index (κ2) is 6.18. The Morgan fingerprint density at radius 2 is 0.731 bits per heavy atom. The van der Waals surface area contributed by atoms with Gasteiger partial charge >= 0.3 is 0 Å². The molecule has 26 heavy (non-hydrogen) atoms. The van der Waals surface area contributed by atoms with Gasteiger partial charge in [0, 0.05) is 0 Å². The largest absolute Gasteiger partial charge is 0.103 e. The molecule has 8 saturated carbocycles. The lowest BCUT2D eigenvalue weighted by Crippen LogP contribution is -2.50. The second-order valence-corrected chi connectivity index (χ2v) is 17.7. The van der Waals surface area contributed by atoms with E-state index >= 15 is 0 Å². The highest BCUT2D eigenvalue weighted by Crippen LogP contribution is 2.70. The van der Waals surface area contributed by atoms with Gasteiger partial charge in [-0.05, 0) is 149 Å². The van der Waals surface area contributed by atoms with Gasteiger partial charge in [0.15, 0.2) is 0 Å². The SMILES string of the molecule is CP(CCP(C)C12CC3CC(CC(C3)C1)C2)C12CC3CC(CC(C3)C1)C2. The van der Waals surface area contributed by atoms with Crippen LogP contribution >= 0.6 is 15.8 Å². The Balaban J connectivity index is 1.12. The van der Waals surface area contributed by atoms with Crippen molar-refractivity contribution in [1.82, 2.24) is 0 Å². The maximum absolute atomic E-state index is 2.76. The van der Waals surface area contributed by atoms with Crippen molar-refractivity contribution >= 4 is 15.8 Å².